The van der Waals surface area contributed by atoms with Crippen molar-refractivity contribution in [1.29, 1.82) is 5.26 Å². The van der Waals surface area contributed by atoms with E-state index in [-0.39, 0.29) is 0 Å². The van der Waals surface area contributed by atoms with Crippen LogP contribution < -0.4 is 10.1 Å². The lowest BCUT2D eigenvalue weighted by atomic mass is 9.94. The second-order valence-electron chi connectivity index (χ2n) is 6.22. The van der Waals surface area contributed by atoms with Crippen LogP contribution in [0.2, 0.25) is 0 Å². The summed E-state index contributed by atoms with van der Waals surface area (Å²) in [6, 6.07) is 10.1. The van der Waals surface area contributed by atoms with Gasteiger partial charge >= 0.3 is 0 Å². The maximum atomic E-state index is 9.10. The molecule has 1 aliphatic rings. The number of piperidine rings is 1. The summed E-state index contributed by atoms with van der Waals surface area (Å²) in [6.07, 6.45) is 3.11. The third-order valence-electron chi connectivity index (χ3n) is 4.69. The molecule has 0 spiro atoms. The average molecular weight is 324 g/mol. The minimum Gasteiger partial charge on any atom is -0.495 e. The van der Waals surface area contributed by atoms with E-state index in [1.54, 1.807) is 7.11 Å². The van der Waals surface area contributed by atoms with Gasteiger partial charge in [0, 0.05) is 24.6 Å². The van der Waals surface area contributed by atoms with Crippen LogP contribution in [0.15, 0.2) is 24.3 Å². The quantitative estimate of drug-likeness (QED) is 0.918. The molecule has 0 unspecified atom stereocenters. The van der Waals surface area contributed by atoms with Gasteiger partial charge in [0.15, 0.2) is 0 Å². The number of rotatable bonds is 5. The summed E-state index contributed by atoms with van der Waals surface area (Å²) >= 11 is 0. The van der Waals surface area contributed by atoms with Crippen molar-refractivity contribution in [2.24, 2.45) is 0 Å². The van der Waals surface area contributed by atoms with Gasteiger partial charge in [0.25, 0.3) is 0 Å². The molecule has 24 heavy (non-hydrogen) atoms. The van der Waals surface area contributed by atoms with Crippen molar-refractivity contribution in [3.05, 3.63) is 46.8 Å². The zero-order chi connectivity index (χ0) is 16.9. The number of nitrogens with one attached hydrogen (secondary N) is 1. The lowest BCUT2D eigenvalue weighted by molar-refractivity contribution is 0.413. The highest BCUT2D eigenvalue weighted by Gasteiger charge is 2.20. The van der Waals surface area contributed by atoms with E-state index < -0.39 is 0 Å². The molecule has 0 amide bonds. The Labute approximate surface area is 143 Å². The van der Waals surface area contributed by atoms with Crippen LogP contribution in [0.5, 0.6) is 5.75 Å². The van der Waals surface area contributed by atoms with Crippen molar-refractivity contribution in [2.45, 2.75) is 38.6 Å². The van der Waals surface area contributed by atoms with Crippen molar-refractivity contribution >= 4 is 0 Å². The molecule has 1 aromatic heterocycles. The summed E-state index contributed by atoms with van der Waals surface area (Å²) in [5.41, 5.74) is 4.12. The summed E-state index contributed by atoms with van der Waals surface area (Å²) < 4.78 is 7.45. The molecule has 1 N–H and O–H groups in total. The Morgan fingerprint density at radius 1 is 1.33 bits per heavy atom. The van der Waals surface area contributed by atoms with E-state index in [1.165, 1.54) is 18.5 Å². The molecule has 2 aromatic rings. The molecule has 0 aliphatic carbocycles. The fourth-order valence-corrected chi connectivity index (χ4v) is 3.42. The zero-order valence-corrected chi connectivity index (χ0v) is 14.4. The molecule has 1 aromatic carbocycles. The first-order valence-electron chi connectivity index (χ1n) is 8.59. The molecule has 0 saturated carbocycles. The van der Waals surface area contributed by atoms with Gasteiger partial charge < -0.3 is 10.1 Å². The maximum absolute atomic E-state index is 9.10. The summed E-state index contributed by atoms with van der Waals surface area (Å²) in [7, 11) is 1.60. The first kappa shape index (κ1) is 16.5. The molecule has 2 heterocycles. The number of hydrogen-bond acceptors (Lipinski definition) is 4. The highest BCUT2D eigenvalue weighted by molar-refractivity contribution is 5.46. The van der Waals surface area contributed by atoms with Gasteiger partial charge in [-0.05, 0) is 56.6 Å². The molecule has 0 bridgehead atoms. The van der Waals surface area contributed by atoms with Crippen LogP contribution in [0.25, 0.3) is 0 Å². The predicted molar refractivity (Wildman–Crippen MR) is 93.3 cm³/mol. The first-order chi connectivity index (χ1) is 11.7. The van der Waals surface area contributed by atoms with Crippen LogP contribution in [0.1, 0.15) is 48.2 Å². The third kappa shape index (κ3) is 3.44. The summed E-state index contributed by atoms with van der Waals surface area (Å²) in [5, 5.41) is 17.3. The number of nitriles is 1. The Morgan fingerprint density at radius 3 is 2.79 bits per heavy atom. The fourth-order valence-electron chi connectivity index (χ4n) is 3.42. The number of benzene rings is 1. The van der Waals surface area contributed by atoms with E-state index in [2.05, 4.69) is 29.1 Å². The lowest BCUT2D eigenvalue weighted by Gasteiger charge is -2.23. The lowest BCUT2D eigenvalue weighted by Crippen LogP contribution is -2.27. The normalized spacial score (nSPS) is 15.2. The number of ether oxygens (including phenoxy) is 1. The van der Waals surface area contributed by atoms with Crippen LogP contribution in [0.3, 0.4) is 0 Å². The Hall–Kier alpha value is -2.32. The molecule has 5 heteroatoms. The number of aromatic nitrogens is 2. The summed E-state index contributed by atoms with van der Waals surface area (Å²) in [5.74, 6) is 1.23. The standard InChI is InChI=1S/C19H24N4O/c1-3-23-18(15-6-8-21-9-7-15)12-17(22-23)10-14-4-5-16(13-20)19(11-14)24-2/h4-5,11-12,15,21H,3,6-10H2,1-2H3. The van der Waals surface area contributed by atoms with Crippen molar-refractivity contribution in [3.63, 3.8) is 0 Å². The monoisotopic (exact) mass is 324 g/mol. The van der Waals surface area contributed by atoms with Gasteiger partial charge in [-0.2, -0.15) is 10.4 Å². The summed E-state index contributed by atoms with van der Waals surface area (Å²) in [6.45, 7) is 5.21. The average Bonchev–Trinajstić information content (AvgIpc) is 3.05. The maximum Gasteiger partial charge on any atom is 0.136 e. The number of methoxy groups -OCH3 is 1. The summed E-state index contributed by atoms with van der Waals surface area (Å²) in [4.78, 5) is 0. The topological polar surface area (TPSA) is 62.9 Å². The van der Waals surface area contributed by atoms with Crippen LogP contribution in [0, 0.1) is 11.3 Å². The smallest absolute Gasteiger partial charge is 0.136 e. The van der Waals surface area contributed by atoms with Crippen LogP contribution in [0.4, 0.5) is 0 Å². The molecule has 5 nitrogen and oxygen atoms in total. The highest BCUT2D eigenvalue weighted by Crippen LogP contribution is 2.27. The van der Waals surface area contributed by atoms with E-state index in [0.29, 0.717) is 17.2 Å². The Balaban J connectivity index is 1.83. The van der Waals surface area contributed by atoms with E-state index in [4.69, 9.17) is 15.1 Å². The number of hydrogen-bond donors (Lipinski definition) is 1. The second kappa shape index (κ2) is 7.50. The second-order valence-corrected chi connectivity index (χ2v) is 6.22. The van der Waals surface area contributed by atoms with Gasteiger partial charge in [-0.3, -0.25) is 4.68 Å². The fraction of sp³-hybridized carbons (Fsp3) is 0.474. The van der Waals surface area contributed by atoms with Gasteiger partial charge in [0.2, 0.25) is 0 Å². The van der Waals surface area contributed by atoms with Gasteiger partial charge in [0.1, 0.15) is 11.8 Å². The Bertz CT molecular complexity index is 738. The van der Waals surface area contributed by atoms with Gasteiger partial charge in [-0.15, -0.1) is 0 Å². The van der Waals surface area contributed by atoms with E-state index in [9.17, 15) is 0 Å². The van der Waals surface area contributed by atoms with Crippen LogP contribution in [-0.4, -0.2) is 30.0 Å². The minimum atomic E-state index is 0.565. The van der Waals surface area contributed by atoms with Gasteiger partial charge in [0.05, 0.1) is 18.4 Å². The van der Waals surface area contributed by atoms with Crippen molar-refractivity contribution in [1.82, 2.24) is 15.1 Å². The van der Waals surface area contributed by atoms with Crippen molar-refractivity contribution in [2.75, 3.05) is 20.2 Å². The van der Waals surface area contributed by atoms with Gasteiger partial charge in [-0.1, -0.05) is 6.07 Å². The largest absolute Gasteiger partial charge is 0.495 e. The number of aryl methyl sites for hydroxylation is 1. The van der Waals surface area contributed by atoms with E-state index in [0.717, 1.165) is 37.3 Å². The highest BCUT2D eigenvalue weighted by atomic mass is 16.5. The molecule has 0 radical (unpaired) electrons. The third-order valence-corrected chi connectivity index (χ3v) is 4.69. The zero-order valence-electron chi connectivity index (χ0n) is 14.4. The molecule has 1 aliphatic heterocycles. The molecular formula is C19H24N4O. The molecule has 126 valence electrons. The van der Waals surface area contributed by atoms with Crippen LogP contribution >= 0.6 is 0 Å². The first-order valence-corrected chi connectivity index (χ1v) is 8.59. The molecule has 1 saturated heterocycles. The minimum absolute atomic E-state index is 0.565. The van der Waals surface area contributed by atoms with E-state index in [1.807, 2.05) is 18.2 Å². The van der Waals surface area contributed by atoms with E-state index >= 15 is 0 Å². The Kier molecular flexibility index (Phi) is 5.17. The number of nitrogens with zero attached hydrogens (tertiary/aromatic N) is 3. The van der Waals surface area contributed by atoms with Crippen molar-refractivity contribution < 1.29 is 4.74 Å². The molecule has 3 rings (SSSR count). The van der Waals surface area contributed by atoms with Crippen molar-refractivity contribution in [3.8, 4) is 11.8 Å². The molecule has 1 fully saturated rings. The molecule has 0 atom stereocenters. The predicted octanol–water partition coefficient (Wildman–Crippen LogP) is 2.84. The van der Waals surface area contributed by atoms with Gasteiger partial charge in [-0.25, -0.2) is 0 Å². The SMILES string of the molecule is CCn1nc(Cc2ccc(C#N)c(OC)c2)cc1C1CCNCC1. The Morgan fingerprint density at radius 2 is 2.12 bits per heavy atom. The van der Waals surface area contributed by atoms with Crippen LogP contribution in [-0.2, 0) is 13.0 Å². The molecular weight excluding hydrogens is 300 g/mol.